The Bertz CT molecular complexity index is 923. The van der Waals surface area contributed by atoms with Crippen molar-refractivity contribution >= 4 is 16.2 Å². The first-order valence-electron chi connectivity index (χ1n) is 7.74. The van der Waals surface area contributed by atoms with Crippen LogP contribution < -0.4 is 19.0 Å². The molecule has 0 amide bonds. The summed E-state index contributed by atoms with van der Waals surface area (Å²) in [6, 6.07) is 8.49. The van der Waals surface area contributed by atoms with E-state index in [-0.39, 0.29) is 4.90 Å². The molecule has 0 atom stereocenters. The lowest BCUT2D eigenvalue weighted by Crippen LogP contribution is -2.19. The van der Waals surface area contributed by atoms with Crippen LogP contribution in [0.25, 0.3) is 0 Å². The van der Waals surface area contributed by atoms with E-state index in [0.29, 0.717) is 28.4 Å². The third-order valence-corrected chi connectivity index (χ3v) is 5.11. The first-order chi connectivity index (χ1) is 12.3. The monoisotopic (exact) mass is 378 g/mol. The molecule has 0 fully saturated rings. The SMILES string of the molecule is COc1cc(OC)c(OC)cc1C=NNS(=O)(=O)c1cc(C)ccc1C. The van der Waals surface area contributed by atoms with Gasteiger partial charge < -0.3 is 14.2 Å². The Morgan fingerprint density at radius 1 is 0.923 bits per heavy atom. The van der Waals surface area contributed by atoms with Gasteiger partial charge in [-0.1, -0.05) is 12.1 Å². The second-order valence-electron chi connectivity index (χ2n) is 5.57. The Kier molecular flexibility index (Phi) is 6.10. The van der Waals surface area contributed by atoms with Crippen molar-refractivity contribution in [3.8, 4) is 17.2 Å². The number of hydrogen-bond acceptors (Lipinski definition) is 6. The standard InChI is InChI=1S/C18H22N2O5S/c1-12-6-7-13(2)18(8-12)26(21,22)20-19-11-14-9-16(24-4)17(25-5)10-15(14)23-3/h6-11,20H,1-5H3. The van der Waals surface area contributed by atoms with Crippen LogP contribution in [-0.2, 0) is 10.0 Å². The number of sulfonamides is 1. The largest absolute Gasteiger partial charge is 0.496 e. The molecule has 0 aliphatic carbocycles. The maximum atomic E-state index is 12.5. The summed E-state index contributed by atoms with van der Waals surface area (Å²) >= 11 is 0. The number of rotatable bonds is 7. The van der Waals surface area contributed by atoms with Gasteiger partial charge >= 0.3 is 0 Å². The molecule has 2 aromatic carbocycles. The van der Waals surface area contributed by atoms with E-state index in [1.807, 2.05) is 13.0 Å². The molecule has 0 spiro atoms. The molecule has 0 radical (unpaired) electrons. The van der Waals surface area contributed by atoms with Gasteiger partial charge in [0.1, 0.15) is 5.75 Å². The Balaban J connectivity index is 2.31. The number of methoxy groups -OCH3 is 3. The molecular weight excluding hydrogens is 356 g/mol. The van der Waals surface area contributed by atoms with E-state index < -0.39 is 10.0 Å². The number of ether oxygens (including phenoxy) is 3. The maximum absolute atomic E-state index is 12.5. The number of nitrogens with zero attached hydrogens (tertiary/aromatic N) is 1. The van der Waals surface area contributed by atoms with Gasteiger partial charge in [-0.3, -0.25) is 0 Å². The Morgan fingerprint density at radius 3 is 2.15 bits per heavy atom. The van der Waals surface area contributed by atoms with Crippen LogP contribution in [0.5, 0.6) is 17.2 Å². The van der Waals surface area contributed by atoms with Gasteiger partial charge in [0.05, 0.1) is 32.4 Å². The van der Waals surface area contributed by atoms with Crippen molar-refractivity contribution in [3.05, 3.63) is 47.0 Å². The summed E-state index contributed by atoms with van der Waals surface area (Å²) in [4.78, 5) is 2.41. The molecular formula is C18H22N2O5S. The lowest BCUT2D eigenvalue weighted by Gasteiger charge is -2.12. The molecule has 0 bridgehead atoms. The van der Waals surface area contributed by atoms with Crippen LogP contribution in [0.4, 0.5) is 0 Å². The summed E-state index contributed by atoms with van der Waals surface area (Å²) in [7, 11) is 0.748. The van der Waals surface area contributed by atoms with E-state index in [2.05, 4.69) is 9.93 Å². The third-order valence-electron chi connectivity index (χ3n) is 3.75. The van der Waals surface area contributed by atoms with Crippen molar-refractivity contribution in [2.24, 2.45) is 5.10 Å². The Hall–Kier alpha value is -2.74. The smallest absolute Gasteiger partial charge is 0.276 e. The van der Waals surface area contributed by atoms with Crippen molar-refractivity contribution in [1.82, 2.24) is 4.83 Å². The van der Waals surface area contributed by atoms with Crippen LogP contribution >= 0.6 is 0 Å². The minimum absolute atomic E-state index is 0.189. The average Bonchev–Trinajstić information content (AvgIpc) is 2.62. The highest BCUT2D eigenvalue weighted by atomic mass is 32.2. The second-order valence-corrected chi connectivity index (χ2v) is 7.20. The van der Waals surface area contributed by atoms with Crippen LogP contribution in [0.2, 0.25) is 0 Å². The Morgan fingerprint density at radius 2 is 1.54 bits per heavy atom. The van der Waals surface area contributed by atoms with Crippen molar-refractivity contribution in [1.29, 1.82) is 0 Å². The quantitative estimate of drug-likeness (QED) is 0.591. The molecule has 8 heteroatoms. The third kappa shape index (κ3) is 4.26. The van der Waals surface area contributed by atoms with Crippen LogP contribution in [0, 0.1) is 13.8 Å². The van der Waals surface area contributed by atoms with Crippen molar-refractivity contribution in [2.75, 3.05) is 21.3 Å². The highest BCUT2D eigenvalue weighted by molar-refractivity contribution is 7.89. The lowest BCUT2D eigenvalue weighted by molar-refractivity contribution is 0.349. The first kappa shape index (κ1) is 19.6. The molecule has 0 aliphatic heterocycles. The van der Waals surface area contributed by atoms with Gasteiger partial charge in [0, 0.05) is 11.6 Å². The fraction of sp³-hybridized carbons (Fsp3) is 0.278. The summed E-state index contributed by atoms with van der Waals surface area (Å²) in [5.74, 6) is 1.45. The van der Waals surface area contributed by atoms with Crippen molar-refractivity contribution < 1.29 is 22.6 Å². The molecule has 0 saturated heterocycles. The minimum atomic E-state index is -3.78. The van der Waals surface area contributed by atoms with E-state index in [1.165, 1.54) is 27.5 Å². The van der Waals surface area contributed by atoms with Gasteiger partial charge in [-0.2, -0.15) is 13.5 Å². The number of nitrogens with one attached hydrogen (secondary N) is 1. The van der Waals surface area contributed by atoms with Crippen LogP contribution in [0.1, 0.15) is 16.7 Å². The van der Waals surface area contributed by atoms with Gasteiger partial charge in [-0.15, -0.1) is 0 Å². The molecule has 2 rings (SSSR count). The van der Waals surface area contributed by atoms with E-state index in [4.69, 9.17) is 14.2 Å². The predicted octanol–water partition coefficient (Wildman–Crippen LogP) is 2.64. The molecule has 0 aliphatic rings. The zero-order valence-corrected chi connectivity index (χ0v) is 16.2. The number of hydrogen-bond donors (Lipinski definition) is 1. The van der Waals surface area contributed by atoms with Crippen LogP contribution in [0.15, 0.2) is 40.3 Å². The van der Waals surface area contributed by atoms with E-state index in [1.54, 1.807) is 31.2 Å². The minimum Gasteiger partial charge on any atom is -0.496 e. The van der Waals surface area contributed by atoms with Crippen molar-refractivity contribution in [3.63, 3.8) is 0 Å². The lowest BCUT2D eigenvalue weighted by atomic mass is 10.2. The predicted molar refractivity (Wildman–Crippen MR) is 99.9 cm³/mol. The van der Waals surface area contributed by atoms with Gasteiger partial charge in [-0.05, 0) is 37.1 Å². The molecule has 140 valence electrons. The number of hydrazone groups is 1. The van der Waals surface area contributed by atoms with Crippen molar-refractivity contribution in [2.45, 2.75) is 18.7 Å². The molecule has 0 heterocycles. The van der Waals surface area contributed by atoms with E-state index >= 15 is 0 Å². The molecule has 1 N–H and O–H groups in total. The molecule has 7 nitrogen and oxygen atoms in total. The second kappa shape index (κ2) is 8.09. The van der Waals surface area contributed by atoms with E-state index in [0.717, 1.165) is 5.56 Å². The van der Waals surface area contributed by atoms with E-state index in [9.17, 15) is 8.42 Å². The molecule has 2 aromatic rings. The molecule has 0 aromatic heterocycles. The fourth-order valence-electron chi connectivity index (χ4n) is 2.37. The van der Waals surface area contributed by atoms with Gasteiger partial charge in [0.2, 0.25) is 0 Å². The molecule has 0 saturated carbocycles. The molecule has 0 unspecified atom stereocenters. The Labute approximate surface area is 153 Å². The van der Waals surface area contributed by atoms with Gasteiger partial charge in [0.25, 0.3) is 10.0 Å². The number of benzene rings is 2. The highest BCUT2D eigenvalue weighted by Gasteiger charge is 2.16. The summed E-state index contributed by atoms with van der Waals surface area (Å²) in [6.07, 6.45) is 1.35. The summed E-state index contributed by atoms with van der Waals surface area (Å²) in [5, 5.41) is 3.86. The normalized spacial score (nSPS) is 11.4. The molecule has 26 heavy (non-hydrogen) atoms. The fourth-order valence-corrected chi connectivity index (χ4v) is 3.49. The zero-order chi connectivity index (χ0) is 19.3. The van der Waals surface area contributed by atoms with Crippen LogP contribution in [-0.4, -0.2) is 36.0 Å². The summed E-state index contributed by atoms with van der Waals surface area (Å²) in [5.41, 5.74) is 2.03. The topological polar surface area (TPSA) is 86.2 Å². The van der Waals surface area contributed by atoms with Gasteiger partial charge in [0.15, 0.2) is 11.5 Å². The highest BCUT2D eigenvalue weighted by Crippen LogP contribution is 2.33. The summed E-state index contributed by atoms with van der Waals surface area (Å²) < 4.78 is 40.7. The van der Waals surface area contributed by atoms with Crippen LogP contribution in [0.3, 0.4) is 0 Å². The first-order valence-corrected chi connectivity index (χ1v) is 9.23. The van der Waals surface area contributed by atoms with Gasteiger partial charge in [-0.25, -0.2) is 4.83 Å². The summed E-state index contributed by atoms with van der Waals surface area (Å²) in [6.45, 7) is 3.56. The average molecular weight is 378 g/mol. The number of aryl methyl sites for hydroxylation is 2. The maximum Gasteiger partial charge on any atom is 0.276 e. The zero-order valence-electron chi connectivity index (χ0n) is 15.4.